The summed E-state index contributed by atoms with van der Waals surface area (Å²) in [5, 5.41) is 0. The zero-order valence-electron chi connectivity index (χ0n) is 33.0. The van der Waals surface area contributed by atoms with E-state index in [0.717, 1.165) is 12.3 Å². The fraction of sp³-hybridized carbons (Fsp3) is 0.417. The van der Waals surface area contributed by atoms with E-state index in [1.807, 2.05) is 0 Å². The molecule has 2 atom stereocenters. The van der Waals surface area contributed by atoms with Crippen LogP contribution in [0.15, 0.2) is 96.1 Å². The minimum atomic E-state index is -4.91. The van der Waals surface area contributed by atoms with Gasteiger partial charge in [0.15, 0.2) is 0 Å². The summed E-state index contributed by atoms with van der Waals surface area (Å²) in [4.78, 5) is 0. The maximum atomic E-state index is 8.89. The van der Waals surface area contributed by atoms with Crippen LogP contribution in [0.4, 0.5) is 0 Å². The Morgan fingerprint density at radius 3 is 1.73 bits per heavy atom. The van der Waals surface area contributed by atoms with Gasteiger partial charge < -0.3 is 0 Å². The Balaban J connectivity index is 1.42. The Hall–Kier alpha value is -1.96. The molecule has 3 aliphatic carbocycles. The summed E-state index contributed by atoms with van der Waals surface area (Å²) < 4.78 is 0.237. The molecule has 0 nitrogen and oxygen atoms in total. The normalized spacial score (nSPS) is 22.5. The molecule has 1 fully saturated rings. The summed E-state index contributed by atoms with van der Waals surface area (Å²) in [5.41, 5.74) is 16.6. The van der Waals surface area contributed by atoms with Gasteiger partial charge in [0.25, 0.3) is 0 Å². The number of benzene rings is 4. The van der Waals surface area contributed by atoms with Crippen LogP contribution in [0.25, 0.3) is 34.4 Å². The molecule has 4 aromatic rings. The van der Waals surface area contributed by atoms with E-state index in [0.29, 0.717) is 11.8 Å². The number of rotatable bonds is 8. The van der Waals surface area contributed by atoms with Gasteiger partial charge in [-0.15, -0.1) is 0 Å². The molecule has 0 amide bonds. The van der Waals surface area contributed by atoms with Crippen molar-refractivity contribution in [2.45, 2.75) is 112 Å². The number of hydrogen-bond donors (Lipinski definition) is 0. The first-order chi connectivity index (χ1) is 24.6. The van der Waals surface area contributed by atoms with Crippen LogP contribution in [0.2, 0.25) is 13.1 Å². The molecule has 0 radical (unpaired) electrons. The minimum absolute atomic E-state index is 0.112. The molecule has 0 saturated heterocycles. The molecular formula is C48H59Cl2SiZr. The third kappa shape index (κ3) is 6.48. The molecule has 273 valence electrons. The molecule has 4 heteroatoms. The van der Waals surface area contributed by atoms with E-state index < -0.39 is 21.5 Å². The standard InChI is InChI=1S/C25H29.C21H23.C2H7Si.2ClH.Zr/c1-17(2)19-11-13-21(14-12-19)24-6-4-5-22-15-23(16-25(22)24)20-9-7-18(3)8-10-20;1-5-15-13-17-7-6-8-19(20(17)14-15)16-9-11-18(12-10-16)21(2,3)4;1-3-2;;;/h4-6,11-18,20H,7-10H2,1-3H3;6-14H,5H2,1-4H3;3H,1-2H3;2*1H;/q;;;;;+2/p-2. The predicted molar refractivity (Wildman–Crippen MR) is 230 cm³/mol. The van der Waals surface area contributed by atoms with Gasteiger partial charge in [0.1, 0.15) is 0 Å². The molecular weight excluding hydrogens is 767 g/mol. The van der Waals surface area contributed by atoms with E-state index >= 15 is 0 Å². The molecule has 0 aromatic heterocycles. The Labute approximate surface area is 323 Å². The molecule has 7 rings (SSSR count). The zero-order valence-corrected chi connectivity index (χ0v) is 38.1. The van der Waals surface area contributed by atoms with Gasteiger partial charge in [-0.3, -0.25) is 0 Å². The number of allylic oxidation sites excluding steroid dienone is 2. The Morgan fingerprint density at radius 2 is 1.23 bits per heavy atom. The van der Waals surface area contributed by atoms with Crippen LogP contribution in [-0.4, -0.2) is 5.92 Å². The van der Waals surface area contributed by atoms with Crippen LogP contribution < -0.4 is 0 Å². The van der Waals surface area contributed by atoms with Crippen LogP contribution in [0, 0.1) is 11.8 Å². The van der Waals surface area contributed by atoms with Crippen LogP contribution in [0.5, 0.6) is 0 Å². The topological polar surface area (TPSA) is 0 Å². The fourth-order valence-electron chi connectivity index (χ4n) is 9.94. The molecule has 3 aliphatic rings. The van der Waals surface area contributed by atoms with Crippen LogP contribution in [-0.2, 0) is 21.0 Å². The van der Waals surface area contributed by atoms with E-state index in [9.17, 15) is 0 Å². The first-order valence-corrected chi connectivity index (χ1v) is 36.4. The van der Waals surface area contributed by atoms with Gasteiger partial charge in [-0.2, -0.15) is 0 Å². The fourth-order valence-corrected chi connectivity index (χ4v) is 41.3. The number of hydrogen-bond acceptors (Lipinski definition) is 0. The first kappa shape index (κ1) is 38.3. The van der Waals surface area contributed by atoms with E-state index in [4.69, 9.17) is 17.0 Å². The molecule has 2 unspecified atom stereocenters. The summed E-state index contributed by atoms with van der Waals surface area (Å²) in [7, 11) is 17.8. The van der Waals surface area contributed by atoms with Gasteiger partial charge in [-0.25, -0.2) is 0 Å². The molecule has 0 aliphatic heterocycles. The zero-order chi connectivity index (χ0) is 37.2. The summed E-state index contributed by atoms with van der Waals surface area (Å²) >= 11 is -4.91. The van der Waals surface area contributed by atoms with Crippen molar-refractivity contribution in [1.82, 2.24) is 0 Å². The van der Waals surface area contributed by atoms with E-state index in [2.05, 4.69) is 159 Å². The molecule has 1 saturated carbocycles. The van der Waals surface area contributed by atoms with Gasteiger partial charge >= 0.3 is 326 Å². The second kappa shape index (κ2) is 14.3. The molecule has 4 aromatic carbocycles. The van der Waals surface area contributed by atoms with Crippen molar-refractivity contribution in [2.75, 3.05) is 0 Å². The van der Waals surface area contributed by atoms with Crippen molar-refractivity contribution < 1.29 is 15.6 Å². The van der Waals surface area contributed by atoms with Gasteiger partial charge in [-0.1, -0.05) is 0 Å². The van der Waals surface area contributed by atoms with Gasteiger partial charge in [-0.05, 0) is 0 Å². The Kier molecular flexibility index (Phi) is 10.5. The van der Waals surface area contributed by atoms with E-state index in [-0.39, 0.29) is 12.7 Å². The Morgan fingerprint density at radius 1 is 0.712 bits per heavy atom. The van der Waals surface area contributed by atoms with E-state index in [1.165, 1.54) is 86.9 Å². The summed E-state index contributed by atoms with van der Waals surface area (Å²) in [6.07, 6.45) is 11.1. The van der Waals surface area contributed by atoms with Crippen LogP contribution in [0.1, 0.15) is 127 Å². The van der Waals surface area contributed by atoms with Crippen molar-refractivity contribution in [3.63, 3.8) is 0 Å². The second-order valence-electron chi connectivity index (χ2n) is 18.1. The molecule has 0 N–H and O–H groups in total. The predicted octanol–water partition coefficient (Wildman–Crippen LogP) is 15.2. The summed E-state index contributed by atoms with van der Waals surface area (Å²) in [5.74, 6) is 0.169. The summed E-state index contributed by atoms with van der Waals surface area (Å²) in [6, 6.07) is 32.6. The number of halogens is 2. The van der Waals surface area contributed by atoms with Gasteiger partial charge in [0.05, 0.1) is 0 Å². The van der Waals surface area contributed by atoms with Crippen molar-refractivity contribution in [1.29, 1.82) is 0 Å². The van der Waals surface area contributed by atoms with Crippen molar-refractivity contribution in [3.8, 4) is 22.3 Å². The molecule has 0 bridgehead atoms. The van der Waals surface area contributed by atoms with Crippen molar-refractivity contribution in [3.05, 3.63) is 129 Å². The Bertz CT molecular complexity index is 2020. The van der Waals surface area contributed by atoms with Gasteiger partial charge in [0.2, 0.25) is 0 Å². The first-order valence-electron chi connectivity index (χ1n) is 20.1. The molecule has 52 heavy (non-hydrogen) atoms. The maximum absolute atomic E-state index is 8.89. The molecule has 0 spiro atoms. The second-order valence-corrected chi connectivity index (χ2v) is 60.6. The van der Waals surface area contributed by atoms with Crippen LogP contribution >= 0.6 is 17.0 Å². The van der Waals surface area contributed by atoms with Crippen LogP contribution in [0.3, 0.4) is 0 Å². The average Bonchev–Trinajstić information content (AvgIpc) is 3.72. The van der Waals surface area contributed by atoms with Crippen molar-refractivity contribution in [2.24, 2.45) is 11.8 Å². The average molecular weight is 826 g/mol. The third-order valence-electron chi connectivity index (χ3n) is 13.3. The monoisotopic (exact) mass is 823 g/mol. The quantitative estimate of drug-likeness (QED) is 0.155. The van der Waals surface area contributed by atoms with Gasteiger partial charge in [0, 0.05) is 0 Å². The SMILES string of the molecule is CCC1=Cc2c(-c3ccc(C(C)(C)C)cc3)cccc2[CH]1[Zr]([Cl])([Cl])([CH]1C(C2CCC(C)CC2)=Cc2c(-c3ccc(C(C)C)cc3)cccc21)[SiH](C)C. The van der Waals surface area contributed by atoms with E-state index in [1.54, 1.807) is 5.57 Å². The summed E-state index contributed by atoms with van der Waals surface area (Å²) in [6.45, 7) is 21.2. The third-order valence-corrected chi connectivity index (χ3v) is 65.1. The molecule has 0 heterocycles. The number of fused-ring (bicyclic) bond motifs is 2. The van der Waals surface area contributed by atoms with Crippen molar-refractivity contribution >= 4 is 35.1 Å².